The normalized spacial score (nSPS) is 10.7. The van der Waals surface area contributed by atoms with Crippen LogP contribution in [0.4, 0.5) is 0 Å². The minimum atomic E-state index is 0.482. The van der Waals surface area contributed by atoms with Gasteiger partial charge in [0.2, 0.25) is 0 Å². The third-order valence-electron chi connectivity index (χ3n) is 4.69. The van der Waals surface area contributed by atoms with Crippen LogP contribution >= 0.6 is 0 Å². The monoisotopic (exact) mass is 368 g/mol. The zero-order valence-electron chi connectivity index (χ0n) is 16.5. The Bertz CT molecular complexity index is 638. The first-order chi connectivity index (χ1) is 13.3. The van der Waals surface area contributed by atoms with Gasteiger partial charge in [0.15, 0.2) is 12.1 Å². The standard InChI is InChI=1S/C23H32N2O2/c1-2-3-4-5-6-7-8-9-10-11-16-27-22-14-12-21(13-15-22)23-24-17-20(19-26)18-25-23/h12-15,17-19H,2-11,16H2,1H3. The van der Waals surface area contributed by atoms with Crippen molar-refractivity contribution < 1.29 is 9.53 Å². The maximum atomic E-state index is 10.6. The fourth-order valence-electron chi connectivity index (χ4n) is 3.03. The number of rotatable bonds is 14. The molecule has 0 radical (unpaired) electrons. The van der Waals surface area contributed by atoms with Gasteiger partial charge in [-0.05, 0) is 30.7 Å². The molecule has 0 aliphatic heterocycles. The molecule has 1 aromatic carbocycles. The maximum Gasteiger partial charge on any atom is 0.159 e. The van der Waals surface area contributed by atoms with Crippen molar-refractivity contribution in [3.63, 3.8) is 0 Å². The molecular formula is C23H32N2O2. The van der Waals surface area contributed by atoms with E-state index in [0.717, 1.165) is 30.6 Å². The van der Waals surface area contributed by atoms with E-state index in [9.17, 15) is 4.79 Å². The molecule has 2 rings (SSSR count). The van der Waals surface area contributed by atoms with Crippen molar-refractivity contribution in [1.29, 1.82) is 0 Å². The molecule has 2 aromatic rings. The Kier molecular flexibility index (Phi) is 10.2. The van der Waals surface area contributed by atoms with E-state index in [-0.39, 0.29) is 0 Å². The second-order valence-electron chi connectivity index (χ2n) is 7.01. The summed E-state index contributed by atoms with van der Waals surface area (Å²) in [4.78, 5) is 19.0. The van der Waals surface area contributed by atoms with Crippen molar-refractivity contribution in [2.24, 2.45) is 0 Å². The summed E-state index contributed by atoms with van der Waals surface area (Å²) in [7, 11) is 0. The van der Waals surface area contributed by atoms with Crippen LogP contribution in [-0.4, -0.2) is 22.9 Å². The van der Waals surface area contributed by atoms with Crippen molar-refractivity contribution in [1.82, 2.24) is 9.97 Å². The van der Waals surface area contributed by atoms with E-state index in [2.05, 4.69) is 16.9 Å². The van der Waals surface area contributed by atoms with Crippen molar-refractivity contribution in [2.75, 3.05) is 6.61 Å². The summed E-state index contributed by atoms with van der Waals surface area (Å²) in [5, 5.41) is 0. The van der Waals surface area contributed by atoms with Crippen LogP contribution in [0.15, 0.2) is 36.7 Å². The smallest absolute Gasteiger partial charge is 0.159 e. The lowest BCUT2D eigenvalue weighted by Crippen LogP contribution is -1.97. The molecule has 0 unspecified atom stereocenters. The molecule has 4 nitrogen and oxygen atoms in total. The fraction of sp³-hybridized carbons (Fsp3) is 0.522. The number of aldehydes is 1. The van der Waals surface area contributed by atoms with Crippen molar-refractivity contribution in [2.45, 2.75) is 71.1 Å². The number of unbranched alkanes of at least 4 members (excludes halogenated alkanes) is 9. The summed E-state index contributed by atoms with van der Waals surface area (Å²) in [6, 6.07) is 7.79. The molecule has 0 bridgehead atoms. The molecule has 4 heteroatoms. The summed E-state index contributed by atoms with van der Waals surface area (Å²) < 4.78 is 5.82. The van der Waals surface area contributed by atoms with Crippen LogP contribution in [0.3, 0.4) is 0 Å². The van der Waals surface area contributed by atoms with Crippen LogP contribution in [-0.2, 0) is 0 Å². The quantitative estimate of drug-likeness (QED) is 0.292. The average molecular weight is 369 g/mol. The van der Waals surface area contributed by atoms with E-state index >= 15 is 0 Å². The summed E-state index contributed by atoms with van der Waals surface area (Å²) in [6.07, 6.45) is 17.1. The molecule has 1 heterocycles. The average Bonchev–Trinajstić information content (AvgIpc) is 2.72. The number of ether oxygens (including phenoxy) is 1. The van der Waals surface area contributed by atoms with E-state index in [0.29, 0.717) is 11.4 Å². The van der Waals surface area contributed by atoms with E-state index in [1.54, 1.807) is 0 Å². The summed E-state index contributed by atoms with van der Waals surface area (Å²) >= 11 is 0. The number of benzene rings is 1. The van der Waals surface area contributed by atoms with E-state index in [1.807, 2.05) is 24.3 Å². The predicted octanol–water partition coefficient (Wildman–Crippen LogP) is 6.26. The molecule has 1 aromatic heterocycles. The van der Waals surface area contributed by atoms with Gasteiger partial charge < -0.3 is 4.74 Å². The van der Waals surface area contributed by atoms with Crippen molar-refractivity contribution >= 4 is 6.29 Å². The zero-order valence-corrected chi connectivity index (χ0v) is 16.5. The highest BCUT2D eigenvalue weighted by atomic mass is 16.5. The molecule has 0 saturated heterocycles. The van der Waals surface area contributed by atoms with Gasteiger partial charge in [-0.15, -0.1) is 0 Å². The molecule has 0 aliphatic carbocycles. The molecule has 27 heavy (non-hydrogen) atoms. The van der Waals surface area contributed by atoms with Gasteiger partial charge >= 0.3 is 0 Å². The third-order valence-corrected chi connectivity index (χ3v) is 4.69. The Balaban J connectivity index is 1.57. The zero-order chi connectivity index (χ0) is 19.2. The second kappa shape index (κ2) is 13.0. The van der Waals surface area contributed by atoms with Crippen LogP contribution in [0.5, 0.6) is 5.75 Å². The molecule has 0 atom stereocenters. The first kappa shape index (κ1) is 21.1. The highest BCUT2D eigenvalue weighted by Gasteiger charge is 2.02. The number of hydrogen-bond acceptors (Lipinski definition) is 4. The van der Waals surface area contributed by atoms with Gasteiger partial charge in [-0.1, -0.05) is 64.7 Å². The van der Waals surface area contributed by atoms with Crippen LogP contribution in [0.2, 0.25) is 0 Å². The molecule has 0 amide bonds. The molecule has 0 fully saturated rings. The number of carbonyl (C=O) groups excluding carboxylic acids is 1. The highest BCUT2D eigenvalue weighted by Crippen LogP contribution is 2.19. The number of aromatic nitrogens is 2. The summed E-state index contributed by atoms with van der Waals surface area (Å²) in [5.41, 5.74) is 1.40. The SMILES string of the molecule is CCCCCCCCCCCCOc1ccc(-c2ncc(C=O)cn2)cc1. The lowest BCUT2D eigenvalue weighted by atomic mass is 10.1. The minimum Gasteiger partial charge on any atom is -0.494 e. The largest absolute Gasteiger partial charge is 0.494 e. The van der Waals surface area contributed by atoms with Crippen molar-refractivity contribution in [3.8, 4) is 17.1 Å². The third kappa shape index (κ3) is 8.33. The molecular weight excluding hydrogens is 336 g/mol. The molecule has 0 spiro atoms. The number of nitrogens with zero attached hydrogens (tertiary/aromatic N) is 2. The van der Waals surface area contributed by atoms with Gasteiger partial charge in [0, 0.05) is 18.0 Å². The van der Waals surface area contributed by atoms with E-state index in [1.165, 1.54) is 70.2 Å². The summed E-state index contributed by atoms with van der Waals surface area (Å²) in [5.74, 6) is 1.49. The second-order valence-corrected chi connectivity index (χ2v) is 7.01. The van der Waals surface area contributed by atoms with Crippen LogP contribution < -0.4 is 4.74 Å². The predicted molar refractivity (Wildman–Crippen MR) is 110 cm³/mol. The Morgan fingerprint density at radius 3 is 1.93 bits per heavy atom. The lowest BCUT2D eigenvalue weighted by molar-refractivity contribution is 0.112. The van der Waals surface area contributed by atoms with Gasteiger partial charge in [0.25, 0.3) is 0 Å². The van der Waals surface area contributed by atoms with Gasteiger partial charge in [-0.2, -0.15) is 0 Å². The Hall–Kier alpha value is -2.23. The van der Waals surface area contributed by atoms with E-state index in [4.69, 9.17) is 4.74 Å². The molecule has 0 N–H and O–H groups in total. The van der Waals surface area contributed by atoms with Gasteiger partial charge in [0.05, 0.1) is 12.2 Å². The fourth-order valence-corrected chi connectivity index (χ4v) is 3.03. The highest BCUT2D eigenvalue weighted by molar-refractivity contribution is 5.73. The Morgan fingerprint density at radius 1 is 0.815 bits per heavy atom. The van der Waals surface area contributed by atoms with Crippen molar-refractivity contribution in [3.05, 3.63) is 42.2 Å². The Labute approximate surface area is 163 Å². The minimum absolute atomic E-state index is 0.482. The lowest BCUT2D eigenvalue weighted by Gasteiger charge is -2.07. The van der Waals surface area contributed by atoms with Gasteiger partial charge in [0.1, 0.15) is 5.75 Å². The van der Waals surface area contributed by atoms with Gasteiger partial charge in [-0.3, -0.25) is 4.79 Å². The van der Waals surface area contributed by atoms with Crippen LogP contribution in [0.1, 0.15) is 81.5 Å². The summed E-state index contributed by atoms with van der Waals surface area (Å²) in [6.45, 7) is 3.03. The molecule has 0 saturated carbocycles. The molecule has 0 aliphatic rings. The molecule has 146 valence electrons. The first-order valence-corrected chi connectivity index (χ1v) is 10.3. The van der Waals surface area contributed by atoms with Crippen LogP contribution in [0, 0.1) is 0 Å². The van der Waals surface area contributed by atoms with E-state index < -0.39 is 0 Å². The maximum absolute atomic E-state index is 10.6. The van der Waals surface area contributed by atoms with Crippen LogP contribution in [0.25, 0.3) is 11.4 Å². The topological polar surface area (TPSA) is 52.1 Å². The number of carbonyl (C=O) groups is 1. The van der Waals surface area contributed by atoms with Gasteiger partial charge in [-0.25, -0.2) is 9.97 Å². The Morgan fingerprint density at radius 2 is 1.37 bits per heavy atom. The first-order valence-electron chi connectivity index (χ1n) is 10.3. The number of hydrogen-bond donors (Lipinski definition) is 0.